The molecule has 1 aromatic heterocycles. The molecule has 1 unspecified atom stereocenters. The van der Waals surface area contributed by atoms with Crippen molar-refractivity contribution in [1.29, 1.82) is 0 Å². The number of sulfonamides is 1. The van der Waals surface area contributed by atoms with E-state index in [1.807, 2.05) is 0 Å². The molecule has 0 bridgehead atoms. The number of halogens is 1. The molecule has 0 saturated carbocycles. The van der Waals surface area contributed by atoms with Crippen molar-refractivity contribution in [2.75, 3.05) is 18.4 Å². The van der Waals surface area contributed by atoms with Gasteiger partial charge in [-0.15, -0.1) is 0 Å². The van der Waals surface area contributed by atoms with E-state index in [2.05, 4.69) is 26.1 Å². The summed E-state index contributed by atoms with van der Waals surface area (Å²) >= 11 is 3.38. The summed E-state index contributed by atoms with van der Waals surface area (Å²) in [5.74, 6) is 0.470. The van der Waals surface area contributed by atoms with Gasteiger partial charge in [0, 0.05) is 18.4 Å². The van der Waals surface area contributed by atoms with Crippen LogP contribution in [-0.2, 0) is 10.0 Å². The second kappa shape index (κ2) is 4.85. The second-order valence-corrected chi connectivity index (χ2v) is 6.62. The highest BCUT2D eigenvalue weighted by Gasteiger charge is 2.32. The van der Waals surface area contributed by atoms with Crippen LogP contribution in [0.3, 0.4) is 0 Å². The van der Waals surface area contributed by atoms with Crippen molar-refractivity contribution in [3.8, 4) is 0 Å². The van der Waals surface area contributed by atoms with Crippen LogP contribution in [0.1, 0.15) is 12.8 Å². The molecule has 0 spiro atoms. The molecule has 1 atom stereocenters. The summed E-state index contributed by atoms with van der Waals surface area (Å²) in [6, 6.07) is 1.49. The van der Waals surface area contributed by atoms with E-state index < -0.39 is 10.0 Å². The summed E-state index contributed by atoms with van der Waals surface area (Å²) < 4.78 is 25.7. The fraction of sp³-hybridized carbons (Fsp3) is 0.667. The van der Waals surface area contributed by atoms with Crippen LogP contribution in [-0.4, -0.2) is 41.3 Å². The molecule has 1 fully saturated rings. The van der Waals surface area contributed by atoms with Crippen LogP contribution in [0.25, 0.3) is 0 Å². The van der Waals surface area contributed by atoms with Gasteiger partial charge in [0.2, 0.25) is 0 Å². The van der Waals surface area contributed by atoms with E-state index in [-0.39, 0.29) is 5.03 Å². The summed E-state index contributed by atoms with van der Waals surface area (Å²) in [5.41, 5.74) is 0. The Morgan fingerprint density at radius 1 is 1.62 bits per heavy atom. The average molecular weight is 308 g/mol. The lowest BCUT2D eigenvalue weighted by atomic mass is 10.1. The fourth-order valence-corrected chi connectivity index (χ4v) is 4.01. The van der Waals surface area contributed by atoms with E-state index in [4.69, 9.17) is 0 Å². The van der Waals surface area contributed by atoms with Gasteiger partial charge in [-0.05, 0) is 24.8 Å². The molecule has 5 nitrogen and oxygen atoms in total. The molecule has 2 rings (SSSR count). The van der Waals surface area contributed by atoms with E-state index in [0.29, 0.717) is 19.0 Å². The number of rotatable bonds is 4. The van der Waals surface area contributed by atoms with Crippen LogP contribution in [0.2, 0.25) is 0 Å². The quantitative estimate of drug-likeness (QED) is 0.850. The van der Waals surface area contributed by atoms with Crippen LogP contribution in [0, 0.1) is 5.92 Å². The maximum Gasteiger partial charge on any atom is 0.259 e. The van der Waals surface area contributed by atoms with Gasteiger partial charge in [-0.25, -0.2) is 8.42 Å². The SMILES string of the molecule is O=S(=O)(c1ccn[nH]1)N1CCC(CCBr)C1. The lowest BCUT2D eigenvalue weighted by molar-refractivity contribution is 0.451. The van der Waals surface area contributed by atoms with Gasteiger partial charge < -0.3 is 0 Å². The molecule has 0 radical (unpaired) electrons. The van der Waals surface area contributed by atoms with Crippen molar-refractivity contribution in [3.05, 3.63) is 12.3 Å². The van der Waals surface area contributed by atoms with Crippen LogP contribution < -0.4 is 0 Å². The van der Waals surface area contributed by atoms with Crippen LogP contribution in [0.5, 0.6) is 0 Å². The number of H-pyrrole nitrogens is 1. The first-order chi connectivity index (χ1) is 7.64. The molecule has 16 heavy (non-hydrogen) atoms. The summed E-state index contributed by atoms with van der Waals surface area (Å²) in [4.78, 5) is 0. The van der Waals surface area contributed by atoms with Gasteiger partial charge in [0.25, 0.3) is 10.0 Å². The van der Waals surface area contributed by atoms with Gasteiger partial charge in [-0.1, -0.05) is 15.9 Å². The third kappa shape index (κ3) is 2.31. The standard InChI is InChI=1S/C9H14BrN3O2S/c10-4-1-8-3-6-13(7-8)16(14,15)9-2-5-11-12-9/h2,5,8H,1,3-4,6-7H2,(H,11,12). The summed E-state index contributed by atoms with van der Waals surface area (Å²) in [5, 5.41) is 7.30. The van der Waals surface area contributed by atoms with E-state index >= 15 is 0 Å². The molecule has 1 N–H and O–H groups in total. The number of hydrogen-bond donors (Lipinski definition) is 1. The third-order valence-electron chi connectivity index (χ3n) is 2.86. The first-order valence-corrected chi connectivity index (χ1v) is 7.76. The minimum Gasteiger partial charge on any atom is -0.266 e. The lowest BCUT2D eigenvalue weighted by Crippen LogP contribution is -2.29. The van der Waals surface area contributed by atoms with Gasteiger partial charge in [-0.3, -0.25) is 5.10 Å². The molecule has 1 aliphatic rings. The predicted molar refractivity (Wildman–Crippen MR) is 63.9 cm³/mol. The van der Waals surface area contributed by atoms with E-state index in [0.717, 1.165) is 18.2 Å². The number of alkyl halides is 1. The van der Waals surface area contributed by atoms with Gasteiger partial charge in [0.15, 0.2) is 5.03 Å². The fourth-order valence-electron chi connectivity index (χ4n) is 1.93. The first-order valence-electron chi connectivity index (χ1n) is 5.20. The molecule has 2 heterocycles. The Morgan fingerprint density at radius 2 is 2.44 bits per heavy atom. The minimum atomic E-state index is -3.35. The molecule has 1 saturated heterocycles. The lowest BCUT2D eigenvalue weighted by Gasteiger charge is -2.14. The smallest absolute Gasteiger partial charge is 0.259 e. The molecule has 0 aromatic carbocycles. The molecule has 1 aliphatic heterocycles. The zero-order valence-corrected chi connectivity index (χ0v) is 11.2. The maximum atomic E-state index is 12.1. The maximum absolute atomic E-state index is 12.1. The Balaban J connectivity index is 2.10. The molecule has 0 aliphatic carbocycles. The molecular formula is C9H14BrN3O2S. The average Bonchev–Trinajstić information content (AvgIpc) is 2.88. The van der Waals surface area contributed by atoms with Crippen molar-refractivity contribution in [3.63, 3.8) is 0 Å². The number of aromatic amines is 1. The molecule has 0 amide bonds. The van der Waals surface area contributed by atoms with Gasteiger partial charge >= 0.3 is 0 Å². The summed E-state index contributed by atoms with van der Waals surface area (Å²) in [6.07, 6.45) is 3.42. The predicted octanol–water partition coefficient (Wildman–Crippen LogP) is 1.21. The Bertz CT molecular complexity index is 432. The van der Waals surface area contributed by atoms with Crippen LogP contribution >= 0.6 is 15.9 Å². The Morgan fingerprint density at radius 3 is 3.06 bits per heavy atom. The van der Waals surface area contributed by atoms with Gasteiger partial charge in [-0.2, -0.15) is 9.40 Å². The number of nitrogens with one attached hydrogen (secondary N) is 1. The normalized spacial score (nSPS) is 22.7. The largest absolute Gasteiger partial charge is 0.266 e. The van der Waals surface area contributed by atoms with Crippen molar-refractivity contribution in [2.45, 2.75) is 17.9 Å². The number of aromatic nitrogens is 2. The Kier molecular flexibility index (Phi) is 3.66. The zero-order valence-electron chi connectivity index (χ0n) is 8.76. The van der Waals surface area contributed by atoms with Crippen molar-refractivity contribution in [2.24, 2.45) is 5.92 Å². The third-order valence-corrected chi connectivity index (χ3v) is 5.11. The monoisotopic (exact) mass is 307 g/mol. The Labute approximate surface area is 103 Å². The highest BCUT2D eigenvalue weighted by atomic mass is 79.9. The van der Waals surface area contributed by atoms with E-state index in [1.165, 1.54) is 16.6 Å². The van der Waals surface area contributed by atoms with E-state index in [9.17, 15) is 8.42 Å². The minimum absolute atomic E-state index is 0.187. The van der Waals surface area contributed by atoms with Gasteiger partial charge in [0.1, 0.15) is 0 Å². The van der Waals surface area contributed by atoms with Crippen molar-refractivity contribution in [1.82, 2.24) is 14.5 Å². The second-order valence-electron chi connectivity index (χ2n) is 3.92. The highest BCUT2D eigenvalue weighted by molar-refractivity contribution is 9.09. The van der Waals surface area contributed by atoms with Crippen LogP contribution in [0.15, 0.2) is 17.3 Å². The molecule has 90 valence electrons. The topological polar surface area (TPSA) is 66.1 Å². The molecular weight excluding hydrogens is 294 g/mol. The van der Waals surface area contributed by atoms with E-state index in [1.54, 1.807) is 0 Å². The van der Waals surface area contributed by atoms with Crippen molar-refractivity contribution < 1.29 is 8.42 Å². The number of hydrogen-bond acceptors (Lipinski definition) is 3. The molecule has 7 heteroatoms. The molecule has 1 aromatic rings. The highest BCUT2D eigenvalue weighted by Crippen LogP contribution is 2.25. The van der Waals surface area contributed by atoms with Crippen LogP contribution in [0.4, 0.5) is 0 Å². The zero-order chi connectivity index (χ0) is 11.6. The summed E-state index contributed by atoms with van der Waals surface area (Å²) in [7, 11) is -3.35. The number of nitrogens with zero attached hydrogens (tertiary/aromatic N) is 2. The first kappa shape index (κ1) is 12.1. The van der Waals surface area contributed by atoms with Crippen molar-refractivity contribution >= 4 is 26.0 Å². The summed E-state index contributed by atoms with van der Waals surface area (Å²) in [6.45, 7) is 1.23. The van der Waals surface area contributed by atoms with Gasteiger partial charge in [0.05, 0.1) is 6.20 Å². The Hall–Kier alpha value is -0.400.